The van der Waals surface area contributed by atoms with Gasteiger partial charge in [0.15, 0.2) is 0 Å². The van der Waals surface area contributed by atoms with Gasteiger partial charge in [0.2, 0.25) is 0 Å². The summed E-state index contributed by atoms with van der Waals surface area (Å²) in [4.78, 5) is 8.99. The van der Waals surface area contributed by atoms with E-state index in [0.717, 1.165) is 78.7 Å². The SMILES string of the molecule is Cc1nnnc(-c2ccccc2-c2ccccn2)c1-c1ccccc1.Cc1nnnc(-c2ccccc2-c2ccccn2)c1-c1ccccc1.[Ir+3]. The zero-order chi connectivity index (χ0) is 34.1. The molecular weight excluding hydrogens is 809 g/mol. The molecule has 0 aliphatic carbocycles. The van der Waals surface area contributed by atoms with Crippen LogP contribution in [0, 0.1) is 13.8 Å². The molecule has 4 heterocycles. The van der Waals surface area contributed by atoms with Crippen molar-refractivity contribution in [2.75, 3.05) is 0 Å². The molecule has 0 fully saturated rings. The predicted molar refractivity (Wildman–Crippen MR) is 197 cm³/mol. The largest absolute Gasteiger partial charge is 3.00 e. The van der Waals surface area contributed by atoms with Crippen molar-refractivity contribution in [3.63, 3.8) is 0 Å². The molecule has 0 aliphatic rings. The maximum absolute atomic E-state index is 4.50. The fourth-order valence-corrected chi connectivity index (χ4v) is 5.96. The van der Waals surface area contributed by atoms with Gasteiger partial charge in [0.1, 0.15) is 11.4 Å². The third kappa shape index (κ3) is 7.70. The number of hydrogen-bond donors (Lipinski definition) is 0. The maximum atomic E-state index is 4.50. The number of rotatable bonds is 6. The van der Waals surface area contributed by atoms with Gasteiger partial charge in [-0.1, -0.05) is 121 Å². The van der Waals surface area contributed by atoms with Gasteiger partial charge in [0.05, 0.1) is 22.8 Å². The minimum atomic E-state index is 0. The topological polar surface area (TPSA) is 103 Å². The van der Waals surface area contributed by atoms with E-state index in [4.69, 9.17) is 0 Å². The molecule has 8 nitrogen and oxygen atoms in total. The van der Waals surface area contributed by atoms with E-state index >= 15 is 0 Å². The Balaban J connectivity index is 0.000000172. The molecule has 0 N–H and O–H groups in total. The average Bonchev–Trinajstić information content (AvgIpc) is 3.19. The number of aromatic nitrogens is 8. The third-order valence-electron chi connectivity index (χ3n) is 8.25. The molecule has 51 heavy (non-hydrogen) atoms. The Labute approximate surface area is 310 Å². The summed E-state index contributed by atoms with van der Waals surface area (Å²) in [6, 6.07) is 48.4. The zero-order valence-corrected chi connectivity index (χ0v) is 30.3. The second kappa shape index (κ2) is 16.5. The van der Waals surface area contributed by atoms with Crippen molar-refractivity contribution in [3.8, 4) is 67.3 Å². The van der Waals surface area contributed by atoms with Crippen molar-refractivity contribution in [2.45, 2.75) is 13.8 Å². The average molecular weight is 841 g/mol. The minimum absolute atomic E-state index is 0. The van der Waals surface area contributed by atoms with E-state index in [1.54, 1.807) is 12.4 Å². The van der Waals surface area contributed by atoms with Crippen LogP contribution < -0.4 is 0 Å². The second-order valence-corrected chi connectivity index (χ2v) is 11.5. The van der Waals surface area contributed by atoms with Crippen molar-refractivity contribution in [3.05, 3.63) is 169 Å². The van der Waals surface area contributed by atoms with Gasteiger partial charge < -0.3 is 0 Å². The molecule has 4 aromatic carbocycles. The Kier molecular flexibility index (Phi) is 11.2. The Bertz CT molecular complexity index is 2170. The molecular formula is C42H32IrN8+3. The predicted octanol–water partition coefficient (Wildman–Crippen LogP) is 9.15. The van der Waals surface area contributed by atoms with Crippen LogP contribution in [0.15, 0.2) is 158 Å². The fraction of sp³-hybridized carbons (Fsp3) is 0.0476. The van der Waals surface area contributed by atoms with E-state index in [1.807, 2.05) is 111 Å². The van der Waals surface area contributed by atoms with Gasteiger partial charge in [0, 0.05) is 45.8 Å². The van der Waals surface area contributed by atoms with Gasteiger partial charge in [-0.05, 0) is 59.7 Å². The Morgan fingerprint density at radius 3 is 1.08 bits per heavy atom. The number of aryl methyl sites for hydroxylation is 2. The molecule has 0 radical (unpaired) electrons. The molecule has 0 saturated heterocycles. The number of nitrogens with zero attached hydrogens (tertiary/aromatic N) is 8. The van der Waals surface area contributed by atoms with Crippen molar-refractivity contribution < 1.29 is 20.1 Å². The summed E-state index contributed by atoms with van der Waals surface area (Å²) in [6.07, 6.45) is 3.60. The van der Waals surface area contributed by atoms with Crippen molar-refractivity contribution in [1.29, 1.82) is 0 Å². The summed E-state index contributed by atoms with van der Waals surface area (Å²) in [5.41, 5.74) is 13.4. The van der Waals surface area contributed by atoms with Crippen LogP contribution in [0.1, 0.15) is 11.4 Å². The molecule has 0 atom stereocenters. The first-order valence-electron chi connectivity index (χ1n) is 16.2. The summed E-state index contributed by atoms with van der Waals surface area (Å²) in [5, 5.41) is 25.0. The third-order valence-corrected chi connectivity index (χ3v) is 8.25. The molecule has 0 aliphatic heterocycles. The Morgan fingerprint density at radius 1 is 0.353 bits per heavy atom. The monoisotopic (exact) mass is 841 g/mol. The van der Waals surface area contributed by atoms with Crippen LogP contribution in [-0.4, -0.2) is 40.8 Å². The summed E-state index contributed by atoms with van der Waals surface area (Å²) in [6.45, 7) is 3.92. The first-order valence-corrected chi connectivity index (χ1v) is 16.2. The second-order valence-electron chi connectivity index (χ2n) is 11.5. The van der Waals surface area contributed by atoms with Crippen molar-refractivity contribution in [1.82, 2.24) is 40.8 Å². The summed E-state index contributed by atoms with van der Waals surface area (Å²) in [5.74, 6) is 0. The van der Waals surface area contributed by atoms with Gasteiger partial charge in [0.25, 0.3) is 0 Å². The normalized spacial score (nSPS) is 10.4. The van der Waals surface area contributed by atoms with Crippen LogP contribution in [0.4, 0.5) is 0 Å². The molecule has 0 spiro atoms. The smallest absolute Gasteiger partial charge is 0.256 e. The summed E-state index contributed by atoms with van der Waals surface area (Å²) >= 11 is 0. The first-order chi connectivity index (χ1) is 24.7. The van der Waals surface area contributed by atoms with Gasteiger partial charge in [-0.15, -0.1) is 20.4 Å². The summed E-state index contributed by atoms with van der Waals surface area (Å²) in [7, 11) is 0. The molecule has 8 rings (SSSR count). The molecule has 246 valence electrons. The summed E-state index contributed by atoms with van der Waals surface area (Å²) < 4.78 is 0. The molecule has 4 aromatic heterocycles. The number of pyridine rings is 2. The van der Waals surface area contributed by atoms with E-state index < -0.39 is 0 Å². The van der Waals surface area contributed by atoms with Crippen molar-refractivity contribution >= 4 is 0 Å². The molecule has 0 bridgehead atoms. The van der Waals surface area contributed by atoms with Crippen LogP contribution in [0.2, 0.25) is 0 Å². The Morgan fingerprint density at radius 2 is 0.706 bits per heavy atom. The Hall–Kier alpha value is -6.15. The quantitative estimate of drug-likeness (QED) is 0.163. The van der Waals surface area contributed by atoms with Gasteiger partial charge in [-0.2, -0.15) is 0 Å². The van der Waals surface area contributed by atoms with Gasteiger partial charge in [-0.3, -0.25) is 9.97 Å². The van der Waals surface area contributed by atoms with Gasteiger partial charge in [-0.25, -0.2) is 0 Å². The van der Waals surface area contributed by atoms with E-state index in [1.165, 1.54) is 0 Å². The van der Waals surface area contributed by atoms with E-state index in [0.29, 0.717) is 0 Å². The fourth-order valence-electron chi connectivity index (χ4n) is 5.96. The van der Waals surface area contributed by atoms with Crippen LogP contribution >= 0.6 is 0 Å². The van der Waals surface area contributed by atoms with Crippen LogP contribution in [0.5, 0.6) is 0 Å². The molecule has 9 heteroatoms. The molecule has 0 unspecified atom stereocenters. The van der Waals surface area contributed by atoms with Crippen molar-refractivity contribution in [2.24, 2.45) is 0 Å². The van der Waals surface area contributed by atoms with E-state index in [9.17, 15) is 0 Å². The molecule has 0 saturated carbocycles. The number of hydrogen-bond acceptors (Lipinski definition) is 8. The first kappa shape index (κ1) is 34.7. The molecule has 0 amide bonds. The molecule has 8 aromatic rings. The van der Waals surface area contributed by atoms with Crippen LogP contribution in [-0.2, 0) is 20.1 Å². The van der Waals surface area contributed by atoms with Gasteiger partial charge >= 0.3 is 20.1 Å². The van der Waals surface area contributed by atoms with E-state index in [-0.39, 0.29) is 20.1 Å². The number of benzene rings is 4. The maximum Gasteiger partial charge on any atom is 3.00 e. The zero-order valence-electron chi connectivity index (χ0n) is 27.9. The van der Waals surface area contributed by atoms with Crippen LogP contribution in [0.25, 0.3) is 67.3 Å². The van der Waals surface area contributed by atoms with Crippen LogP contribution in [0.3, 0.4) is 0 Å². The van der Waals surface area contributed by atoms with E-state index in [2.05, 4.69) is 89.3 Å². The standard InChI is InChI=1S/2C21H16N4.Ir/c2*1-15-20(16-9-3-2-4-10-16)21(24-25-23-15)18-12-6-5-11-17(18)19-13-7-8-14-22-19;/h2*2-14H,1H3;/q;;+3. The minimum Gasteiger partial charge on any atom is -0.256 e.